The molecule has 3 nitrogen and oxygen atoms in total. The zero-order valence-corrected chi connectivity index (χ0v) is 13.2. The fraction of sp³-hybridized carbons (Fsp3) is 0.625. The maximum atomic E-state index is 6.41. The van der Waals surface area contributed by atoms with E-state index in [2.05, 4.69) is 24.9 Å². The van der Waals surface area contributed by atoms with Crippen molar-refractivity contribution < 1.29 is 4.74 Å². The molecule has 112 valence electrons. The average molecular weight is 297 g/mol. The van der Waals surface area contributed by atoms with Crippen LogP contribution in [-0.4, -0.2) is 32.3 Å². The zero-order valence-electron chi connectivity index (χ0n) is 12.4. The number of nitrogens with zero attached hydrogens (tertiary/aromatic N) is 1. The van der Waals surface area contributed by atoms with Gasteiger partial charge < -0.3 is 15.4 Å². The first-order valence-corrected chi connectivity index (χ1v) is 7.84. The van der Waals surface area contributed by atoms with E-state index in [9.17, 15) is 0 Å². The maximum Gasteiger partial charge on any atom is 0.0485 e. The molecule has 4 heteroatoms. The molecule has 1 aliphatic heterocycles. The molecule has 1 fully saturated rings. The maximum absolute atomic E-state index is 6.41. The first kappa shape index (κ1) is 15.6. The van der Waals surface area contributed by atoms with Crippen molar-refractivity contribution in [2.45, 2.75) is 44.7 Å². The van der Waals surface area contributed by atoms with E-state index in [-0.39, 0.29) is 6.04 Å². The van der Waals surface area contributed by atoms with Crippen molar-refractivity contribution in [3.05, 3.63) is 28.8 Å². The monoisotopic (exact) mass is 296 g/mol. The van der Waals surface area contributed by atoms with Gasteiger partial charge in [0.05, 0.1) is 0 Å². The Morgan fingerprint density at radius 2 is 2.10 bits per heavy atom. The summed E-state index contributed by atoms with van der Waals surface area (Å²) in [6.45, 7) is 3.81. The summed E-state index contributed by atoms with van der Waals surface area (Å²) in [7, 11) is 2.16. The van der Waals surface area contributed by atoms with Crippen molar-refractivity contribution in [1.82, 2.24) is 0 Å². The van der Waals surface area contributed by atoms with Crippen LogP contribution in [0.5, 0.6) is 0 Å². The molecule has 0 bridgehead atoms. The van der Waals surface area contributed by atoms with Crippen molar-refractivity contribution in [2.75, 3.05) is 25.2 Å². The van der Waals surface area contributed by atoms with Crippen LogP contribution in [0, 0.1) is 0 Å². The summed E-state index contributed by atoms with van der Waals surface area (Å²) in [4.78, 5) is 2.35. The largest absolute Gasteiger partial charge is 0.381 e. The average Bonchev–Trinajstić information content (AvgIpc) is 2.49. The first-order valence-electron chi connectivity index (χ1n) is 7.47. The van der Waals surface area contributed by atoms with Gasteiger partial charge in [0.1, 0.15) is 0 Å². The lowest BCUT2D eigenvalue weighted by molar-refractivity contribution is 0.0854. The molecule has 1 atom stereocenters. The number of anilines is 1. The minimum atomic E-state index is 0.164. The Kier molecular flexibility index (Phi) is 5.70. The van der Waals surface area contributed by atoms with Gasteiger partial charge in [0, 0.05) is 43.1 Å². The van der Waals surface area contributed by atoms with Gasteiger partial charge in [0.25, 0.3) is 0 Å². The predicted molar refractivity (Wildman–Crippen MR) is 85.7 cm³/mol. The Morgan fingerprint density at radius 3 is 2.75 bits per heavy atom. The predicted octanol–water partition coefficient (Wildman–Crippen LogP) is 3.24. The van der Waals surface area contributed by atoms with Crippen LogP contribution in [0.4, 0.5) is 5.69 Å². The van der Waals surface area contributed by atoms with Gasteiger partial charge in [-0.3, -0.25) is 0 Å². The molecule has 1 aromatic carbocycles. The second kappa shape index (κ2) is 7.30. The number of ether oxygens (including phenoxy) is 1. The van der Waals surface area contributed by atoms with E-state index in [0.717, 1.165) is 43.9 Å². The number of halogens is 1. The Hall–Kier alpha value is -0.770. The van der Waals surface area contributed by atoms with Gasteiger partial charge in [-0.2, -0.15) is 0 Å². The zero-order chi connectivity index (χ0) is 14.5. The van der Waals surface area contributed by atoms with Gasteiger partial charge in [0.2, 0.25) is 0 Å². The second-order valence-electron chi connectivity index (χ2n) is 5.56. The van der Waals surface area contributed by atoms with Crippen LogP contribution >= 0.6 is 11.6 Å². The summed E-state index contributed by atoms with van der Waals surface area (Å²) < 4.78 is 5.45. The third kappa shape index (κ3) is 3.66. The summed E-state index contributed by atoms with van der Waals surface area (Å²) in [5.41, 5.74) is 8.52. The molecular weight excluding hydrogens is 272 g/mol. The lowest BCUT2D eigenvalue weighted by Gasteiger charge is -2.34. The molecule has 0 aliphatic carbocycles. The molecule has 0 radical (unpaired) electrons. The van der Waals surface area contributed by atoms with Crippen molar-refractivity contribution in [1.29, 1.82) is 0 Å². The Morgan fingerprint density at radius 1 is 1.40 bits per heavy atom. The molecule has 0 spiro atoms. The molecular formula is C16H25ClN2O. The minimum absolute atomic E-state index is 0.164. The lowest BCUT2D eigenvalue weighted by atomic mass is 10.00. The van der Waals surface area contributed by atoms with E-state index < -0.39 is 0 Å². The summed E-state index contributed by atoms with van der Waals surface area (Å²) in [5, 5.41) is 0.824. The highest BCUT2D eigenvalue weighted by molar-refractivity contribution is 6.31. The van der Waals surface area contributed by atoms with Crippen LogP contribution in [0.2, 0.25) is 5.02 Å². The van der Waals surface area contributed by atoms with Gasteiger partial charge in [-0.05, 0) is 43.4 Å². The summed E-state index contributed by atoms with van der Waals surface area (Å²) in [5.74, 6) is 0. The van der Waals surface area contributed by atoms with Crippen LogP contribution in [0.1, 0.15) is 31.7 Å². The van der Waals surface area contributed by atoms with Gasteiger partial charge in [-0.25, -0.2) is 0 Å². The number of hydrogen-bond acceptors (Lipinski definition) is 3. The van der Waals surface area contributed by atoms with Crippen LogP contribution in [0.15, 0.2) is 18.2 Å². The van der Waals surface area contributed by atoms with E-state index in [1.54, 1.807) is 0 Å². The summed E-state index contributed by atoms with van der Waals surface area (Å²) in [6.07, 6.45) is 3.94. The standard InChI is InChI=1S/C16H25ClN2O/c1-3-12(18)11-14-15(17)5-4-6-16(14)19(2)13-7-9-20-10-8-13/h4-6,12-13H,3,7-11,18H2,1-2H3. The van der Waals surface area contributed by atoms with E-state index >= 15 is 0 Å². The molecule has 1 aromatic rings. The molecule has 1 aliphatic rings. The molecule has 1 unspecified atom stereocenters. The smallest absolute Gasteiger partial charge is 0.0485 e. The van der Waals surface area contributed by atoms with E-state index in [4.69, 9.17) is 22.1 Å². The van der Waals surface area contributed by atoms with Gasteiger partial charge in [0.15, 0.2) is 0 Å². The topological polar surface area (TPSA) is 38.5 Å². The fourth-order valence-electron chi connectivity index (χ4n) is 2.76. The Balaban J connectivity index is 2.22. The van der Waals surface area contributed by atoms with Gasteiger partial charge >= 0.3 is 0 Å². The highest BCUT2D eigenvalue weighted by Gasteiger charge is 2.22. The highest BCUT2D eigenvalue weighted by atomic mass is 35.5. The van der Waals surface area contributed by atoms with Crippen LogP contribution in [0.3, 0.4) is 0 Å². The Bertz CT molecular complexity index is 432. The molecule has 0 amide bonds. The Labute approximate surface area is 127 Å². The van der Waals surface area contributed by atoms with Crippen LogP contribution in [0.25, 0.3) is 0 Å². The summed E-state index contributed by atoms with van der Waals surface area (Å²) in [6, 6.07) is 6.82. The third-order valence-electron chi connectivity index (χ3n) is 4.20. The third-order valence-corrected chi connectivity index (χ3v) is 4.56. The van der Waals surface area contributed by atoms with Crippen molar-refractivity contribution in [3.8, 4) is 0 Å². The molecule has 2 N–H and O–H groups in total. The van der Waals surface area contributed by atoms with Gasteiger partial charge in [-0.1, -0.05) is 24.6 Å². The van der Waals surface area contributed by atoms with Crippen molar-refractivity contribution in [3.63, 3.8) is 0 Å². The molecule has 2 rings (SSSR count). The van der Waals surface area contributed by atoms with Crippen molar-refractivity contribution >= 4 is 17.3 Å². The SMILES string of the molecule is CCC(N)Cc1c(Cl)cccc1N(C)C1CCOCC1. The number of nitrogens with two attached hydrogens (primary N) is 1. The van der Waals surface area contributed by atoms with E-state index in [1.165, 1.54) is 11.3 Å². The minimum Gasteiger partial charge on any atom is -0.381 e. The summed E-state index contributed by atoms with van der Waals surface area (Å²) >= 11 is 6.41. The van der Waals surface area contributed by atoms with Gasteiger partial charge in [-0.15, -0.1) is 0 Å². The first-order chi connectivity index (χ1) is 9.63. The van der Waals surface area contributed by atoms with Crippen LogP contribution in [-0.2, 0) is 11.2 Å². The van der Waals surface area contributed by atoms with E-state index in [1.807, 2.05) is 12.1 Å². The molecule has 20 heavy (non-hydrogen) atoms. The second-order valence-corrected chi connectivity index (χ2v) is 5.97. The molecule has 1 heterocycles. The normalized spacial score (nSPS) is 18.0. The van der Waals surface area contributed by atoms with Crippen molar-refractivity contribution in [2.24, 2.45) is 5.73 Å². The molecule has 1 saturated heterocycles. The number of rotatable bonds is 5. The number of hydrogen-bond donors (Lipinski definition) is 1. The number of benzene rings is 1. The highest BCUT2D eigenvalue weighted by Crippen LogP contribution is 2.31. The van der Waals surface area contributed by atoms with E-state index in [0.29, 0.717) is 6.04 Å². The molecule has 0 aromatic heterocycles. The molecule has 0 saturated carbocycles. The quantitative estimate of drug-likeness (QED) is 0.906. The van der Waals surface area contributed by atoms with Crippen LogP contribution < -0.4 is 10.6 Å². The lowest BCUT2D eigenvalue weighted by Crippen LogP contribution is -2.37. The fourth-order valence-corrected chi connectivity index (χ4v) is 3.00.